The van der Waals surface area contributed by atoms with Gasteiger partial charge in [0.15, 0.2) is 0 Å². The van der Waals surface area contributed by atoms with E-state index in [-0.39, 0.29) is 35.9 Å². The first-order valence-corrected chi connectivity index (χ1v) is 14.6. The van der Waals surface area contributed by atoms with Crippen LogP contribution in [0.5, 0.6) is 0 Å². The van der Waals surface area contributed by atoms with E-state index in [0.29, 0.717) is 13.2 Å². The van der Waals surface area contributed by atoms with Crippen LogP contribution >= 0.6 is 0 Å². The summed E-state index contributed by atoms with van der Waals surface area (Å²) in [6, 6.07) is 0. The van der Waals surface area contributed by atoms with E-state index in [1.165, 1.54) is 18.7 Å². The van der Waals surface area contributed by atoms with Crippen LogP contribution in [-0.2, 0) is 33.8 Å². The molecule has 1 N–H and O–H groups in total. The second-order valence-electron chi connectivity index (χ2n) is 9.29. The number of ether oxygens (including phenoxy) is 1. The first kappa shape index (κ1) is 43.8. The van der Waals surface area contributed by atoms with Crippen LogP contribution in [0.1, 0.15) is 27.7 Å². The van der Waals surface area contributed by atoms with Gasteiger partial charge in [0.1, 0.15) is 9.84 Å². The summed E-state index contributed by atoms with van der Waals surface area (Å²) in [7, 11) is 11.5. The summed E-state index contributed by atoms with van der Waals surface area (Å²) in [6.07, 6.45) is 1.15. The third kappa shape index (κ3) is 37.9. The topological polar surface area (TPSA) is 140 Å². The number of hydrogen-bond donors (Lipinski definition) is 1. The van der Waals surface area contributed by atoms with Crippen LogP contribution in [0.15, 0.2) is 0 Å². The Morgan fingerprint density at radius 3 is 1.31 bits per heavy atom. The Bertz CT molecular complexity index is 755. The molecule has 0 aliphatic carbocycles. The molecule has 0 saturated heterocycles. The largest absolute Gasteiger partial charge is 0.383 e. The predicted molar refractivity (Wildman–Crippen MR) is 157 cm³/mol. The number of carbonyl (C=O) groups excluding carboxylic acids is 4. The van der Waals surface area contributed by atoms with E-state index < -0.39 is 9.84 Å². The fourth-order valence-corrected chi connectivity index (χ4v) is 2.40. The molecule has 0 atom stereocenters. The molecule has 0 saturated carbocycles. The summed E-state index contributed by atoms with van der Waals surface area (Å²) in [5.41, 5.74) is 0. The SMILES string of the molecule is CC(=O)N(C)CCN(C)C.CC(=O)N(C)CCS(C)(=O)=O.CNCCN(C)C(C)=O.COCCN(C)C(C)=O. The minimum absolute atomic E-state index is 0.0308. The summed E-state index contributed by atoms with van der Waals surface area (Å²) >= 11 is 0. The lowest BCUT2D eigenvalue weighted by molar-refractivity contribution is -0.128. The van der Waals surface area contributed by atoms with Crippen molar-refractivity contribution in [2.75, 3.05) is 114 Å². The Kier molecular flexibility index (Phi) is 29.1. The van der Waals surface area contributed by atoms with Crippen molar-refractivity contribution in [2.45, 2.75) is 27.7 Å². The first-order chi connectivity index (χ1) is 17.7. The molecule has 0 spiro atoms. The molecule has 0 rings (SSSR count). The fraction of sp³-hybridized carbons (Fsp3) is 0.840. The van der Waals surface area contributed by atoms with E-state index in [1.54, 1.807) is 56.8 Å². The Hall–Kier alpha value is -2.29. The number of amides is 4. The number of likely N-dealkylation sites (N-methyl/N-ethyl adjacent to an activating group) is 5. The molecule has 0 bridgehead atoms. The highest BCUT2D eigenvalue weighted by Gasteiger charge is 2.06. The highest BCUT2D eigenvalue weighted by atomic mass is 32.2. The molecule has 0 aliphatic heterocycles. The minimum atomic E-state index is -2.95. The molecule has 0 aliphatic rings. The Morgan fingerprint density at radius 1 is 0.641 bits per heavy atom. The van der Waals surface area contributed by atoms with Gasteiger partial charge < -0.3 is 34.6 Å². The molecule has 0 unspecified atom stereocenters. The quantitative estimate of drug-likeness (QED) is 0.316. The monoisotopic (exact) mass is 584 g/mol. The summed E-state index contributed by atoms with van der Waals surface area (Å²) in [4.78, 5) is 50.8. The summed E-state index contributed by atoms with van der Waals surface area (Å²) in [5, 5.41) is 2.96. The van der Waals surface area contributed by atoms with Gasteiger partial charge >= 0.3 is 0 Å². The maximum atomic E-state index is 10.7. The fourth-order valence-electron chi connectivity index (χ4n) is 1.79. The van der Waals surface area contributed by atoms with Crippen molar-refractivity contribution in [3.63, 3.8) is 0 Å². The van der Waals surface area contributed by atoms with Crippen molar-refractivity contribution in [1.82, 2.24) is 29.8 Å². The van der Waals surface area contributed by atoms with Crippen molar-refractivity contribution in [1.29, 1.82) is 0 Å². The molecule has 0 aromatic carbocycles. The maximum absolute atomic E-state index is 10.7. The van der Waals surface area contributed by atoms with Gasteiger partial charge in [-0.1, -0.05) is 0 Å². The van der Waals surface area contributed by atoms with Crippen molar-refractivity contribution >= 4 is 33.5 Å². The highest BCUT2D eigenvalue weighted by molar-refractivity contribution is 7.90. The van der Waals surface area contributed by atoms with Crippen LogP contribution in [0.4, 0.5) is 0 Å². The molecule has 0 fully saturated rings. The normalized spacial score (nSPS) is 10.0. The molecule has 0 heterocycles. The zero-order chi connectivity index (χ0) is 31.8. The van der Waals surface area contributed by atoms with E-state index >= 15 is 0 Å². The van der Waals surface area contributed by atoms with Gasteiger partial charge in [-0.25, -0.2) is 8.42 Å². The molecular formula is C25H56N6O7S. The van der Waals surface area contributed by atoms with Crippen LogP contribution in [0, 0.1) is 0 Å². The molecule has 0 radical (unpaired) electrons. The first-order valence-electron chi connectivity index (χ1n) is 12.6. The maximum Gasteiger partial charge on any atom is 0.219 e. The molecule has 39 heavy (non-hydrogen) atoms. The lowest BCUT2D eigenvalue weighted by Gasteiger charge is -2.17. The van der Waals surface area contributed by atoms with Crippen molar-refractivity contribution in [3.8, 4) is 0 Å². The van der Waals surface area contributed by atoms with Gasteiger partial charge in [0.25, 0.3) is 0 Å². The Labute approximate surface area is 237 Å². The second kappa shape index (κ2) is 26.0. The predicted octanol–water partition coefficient (Wildman–Crippen LogP) is -0.669. The number of nitrogens with one attached hydrogen (secondary N) is 1. The van der Waals surface area contributed by atoms with Crippen molar-refractivity contribution in [3.05, 3.63) is 0 Å². The van der Waals surface area contributed by atoms with Gasteiger partial charge in [0.05, 0.1) is 12.4 Å². The number of rotatable bonds is 12. The van der Waals surface area contributed by atoms with Gasteiger partial charge in [0, 0.05) is 109 Å². The third-order valence-electron chi connectivity index (χ3n) is 5.16. The lowest BCUT2D eigenvalue weighted by atomic mass is 10.5. The molecular weight excluding hydrogens is 528 g/mol. The number of hydrogen-bond acceptors (Lipinski definition) is 9. The molecule has 234 valence electrons. The number of methoxy groups -OCH3 is 1. The standard InChI is InChI=1S/C7H16N2O.C6H14N2O.C6H13NO3S.C6H13NO2/c1-7(10)9(4)6-5-8(2)3;1-6(9)8(3)5-4-7-2;1-6(8)7(2)4-5-11(3,9)10;1-6(8)7(2)4-5-9-3/h5-6H2,1-4H3;7H,4-5H2,1-3H3;4-5H2,1-3H3;4-5H2,1-3H3. The summed E-state index contributed by atoms with van der Waals surface area (Å²) in [5.74, 6) is 0.233. The summed E-state index contributed by atoms with van der Waals surface area (Å²) in [6.45, 7) is 11.0. The number of sulfone groups is 1. The zero-order valence-electron chi connectivity index (χ0n) is 26.7. The van der Waals surface area contributed by atoms with Crippen LogP contribution < -0.4 is 5.32 Å². The second-order valence-corrected chi connectivity index (χ2v) is 11.6. The smallest absolute Gasteiger partial charge is 0.219 e. The van der Waals surface area contributed by atoms with E-state index in [1.807, 2.05) is 28.2 Å². The van der Waals surface area contributed by atoms with Gasteiger partial charge in [-0.15, -0.1) is 0 Å². The van der Waals surface area contributed by atoms with Crippen molar-refractivity contribution in [2.24, 2.45) is 0 Å². The number of carbonyl (C=O) groups is 4. The molecule has 0 aromatic heterocycles. The van der Waals surface area contributed by atoms with Crippen molar-refractivity contribution < 1.29 is 32.3 Å². The molecule has 0 aromatic rings. The lowest BCUT2D eigenvalue weighted by Crippen LogP contribution is -2.31. The third-order valence-corrected chi connectivity index (χ3v) is 6.08. The van der Waals surface area contributed by atoms with Gasteiger partial charge in [0.2, 0.25) is 23.6 Å². The molecule has 13 nitrogen and oxygen atoms in total. The molecule has 4 amide bonds. The van der Waals surface area contributed by atoms with Gasteiger partial charge in [-0.2, -0.15) is 0 Å². The van der Waals surface area contributed by atoms with Gasteiger partial charge in [-0.05, 0) is 21.1 Å². The van der Waals surface area contributed by atoms with E-state index in [9.17, 15) is 27.6 Å². The van der Waals surface area contributed by atoms with E-state index in [0.717, 1.165) is 32.4 Å². The Morgan fingerprint density at radius 2 is 1.00 bits per heavy atom. The van der Waals surface area contributed by atoms with E-state index in [2.05, 4.69) is 10.2 Å². The average Bonchev–Trinajstić information content (AvgIpc) is 2.82. The number of nitrogens with zero attached hydrogens (tertiary/aromatic N) is 5. The Balaban J connectivity index is -0.000000210. The van der Waals surface area contributed by atoms with E-state index in [4.69, 9.17) is 4.74 Å². The van der Waals surface area contributed by atoms with Crippen LogP contribution in [0.25, 0.3) is 0 Å². The summed E-state index contributed by atoms with van der Waals surface area (Å²) < 4.78 is 26.0. The average molecular weight is 585 g/mol. The minimum Gasteiger partial charge on any atom is -0.383 e. The molecule has 14 heteroatoms. The van der Waals surface area contributed by atoms with Gasteiger partial charge in [-0.3, -0.25) is 19.2 Å². The van der Waals surface area contributed by atoms with Crippen LogP contribution in [-0.4, -0.2) is 171 Å². The van der Waals surface area contributed by atoms with Crippen LogP contribution in [0.3, 0.4) is 0 Å². The highest BCUT2D eigenvalue weighted by Crippen LogP contribution is 1.88. The van der Waals surface area contributed by atoms with Crippen LogP contribution in [0.2, 0.25) is 0 Å². The zero-order valence-corrected chi connectivity index (χ0v) is 27.5.